The van der Waals surface area contributed by atoms with Crippen LogP contribution < -0.4 is 10.6 Å². The molecule has 2 aromatic rings. The average Bonchev–Trinajstić information content (AvgIpc) is 2.59. The van der Waals surface area contributed by atoms with Crippen molar-refractivity contribution in [1.29, 1.82) is 0 Å². The SMILES string of the molecule is CC(=O)Nc1ccc(C)cc1NC(=O)CN(C)S(=O)(=O)c1ccc(C)c(C)c1. The van der Waals surface area contributed by atoms with Gasteiger partial charge in [-0.25, -0.2) is 8.42 Å². The normalized spacial score (nSPS) is 11.4. The molecule has 0 saturated heterocycles. The Labute approximate surface area is 165 Å². The second-order valence-corrected chi connectivity index (χ2v) is 8.83. The number of aryl methyl sites for hydroxylation is 3. The molecule has 0 heterocycles. The third kappa shape index (κ3) is 5.17. The van der Waals surface area contributed by atoms with E-state index in [-0.39, 0.29) is 17.3 Å². The van der Waals surface area contributed by atoms with Gasteiger partial charge in [0.2, 0.25) is 21.8 Å². The Morgan fingerprint density at radius 2 is 1.61 bits per heavy atom. The van der Waals surface area contributed by atoms with Crippen molar-refractivity contribution in [3.63, 3.8) is 0 Å². The Morgan fingerprint density at radius 1 is 0.929 bits per heavy atom. The second kappa shape index (κ2) is 8.53. The van der Waals surface area contributed by atoms with Gasteiger partial charge >= 0.3 is 0 Å². The maximum absolute atomic E-state index is 12.7. The van der Waals surface area contributed by atoms with Gasteiger partial charge in [-0.1, -0.05) is 12.1 Å². The van der Waals surface area contributed by atoms with Gasteiger partial charge in [-0.15, -0.1) is 0 Å². The smallest absolute Gasteiger partial charge is 0.243 e. The summed E-state index contributed by atoms with van der Waals surface area (Å²) in [5, 5.41) is 5.31. The highest BCUT2D eigenvalue weighted by Gasteiger charge is 2.23. The van der Waals surface area contributed by atoms with Crippen LogP contribution in [-0.4, -0.2) is 38.1 Å². The quantitative estimate of drug-likeness (QED) is 0.775. The van der Waals surface area contributed by atoms with E-state index in [2.05, 4.69) is 10.6 Å². The Bertz CT molecular complexity index is 1020. The molecule has 0 aliphatic carbocycles. The predicted octanol–water partition coefficient (Wildman–Crippen LogP) is 2.83. The summed E-state index contributed by atoms with van der Waals surface area (Å²) in [6.07, 6.45) is 0. The third-order valence-electron chi connectivity index (χ3n) is 4.31. The number of amides is 2. The van der Waals surface area contributed by atoms with Crippen LogP contribution in [0.4, 0.5) is 11.4 Å². The first kappa shape index (κ1) is 21.6. The minimum atomic E-state index is -3.80. The van der Waals surface area contributed by atoms with Gasteiger partial charge in [0.15, 0.2) is 0 Å². The number of carbonyl (C=O) groups excluding carboxylic acids is 2. The van der Waals surface area contributed by atoms with Crippen LogP contribution >= 0.6 is 0 Å². The standard InChI is InChI=1S/C20H25N3O4S/c1-13-6-9-18(21-16(4)24)19(10-13)22-20(25)12-23(5)28(26,27)17-8-7-14(2)15(3)11-17/h6-11H,12H2,1-5H3,(H,21,24)(H,22,25). The number of hydrogen-bond acceptors (Lipinski definition) is 4. The number of benzene rings is 2. The van der Waals surface area contributed by atoms with Crippen molar-refractivity contribution in [1.82, 2.24) is 4.31 Å². The summed E-state index contributed by atoms with van der Waals surface area (Å²) in [5.41, 5.74) is 3.60. The van der Waals surface area contributed by atoms with Crippen LogP contribution in [0.5, 0.6) is 0 Å². The van der Waals surface area contributed by atoms with Crippen LogP contribution in [0.25, 0.3) is 0 Å². The molecular weight excluding hydrogens is 378 g/mol. The molecule has 0 radical (unpaired) electrons. The molecule has 2 rings (SSSR count). The minimum Gasteiger partial charge on any atom is -0.325 e. The summed E-state index contributed by atoms with van der Waals surface area (Å²) in [6, 6.07) is 10.1. The minimum absolute atomic E-state index is 0.139. The summed E-state index contributed by atoms with van der Waals surface area (Å²) in [4.78, 5) is 23.9. The Kier molecular flexibility index (Phi) is 6.58. The molecule has 0 saturated carbocycles. The molecule has 0 aliphatic rings. The predicted molar refractivity (Wildman–Crippen MR) is 110 cm³/mol. The van der Waals surface area contributed by atoms with Gasteiger partial charge in [0, 0.05) is 14.0 Å². The fourth-order valence-electron chi connectivity index (χ4n) is 2.59. The number of hydrogen-bond donors (Lipinski definition) is 2. The van der Waals surface area contributed by atoms with Gasteiger partial charge in [0.1, 0.15) is 0 Å². The summed E-state index contributed by atoms with van der Waals surface area (Å²) in [6.45, 7) is 6.60. The van der Waals surface area contributed by atoms with E-state index in [9.17, 15) is 18.0 Å². The van der Waals surface area contributed by atoms with Crippen molar-refractivity contribution in [2.75, 3.05) is 24.2 Å². The van der Waals surface area contributed by atoms with E-state index in [1.54, 1.807) is 30.3 Å². The molecule has 150 valence electrons. The highest BCUT2D eigenvalue weighted by atomic mass is 32.2. The molecular formula is C20H25N3O4S. The number of likely N-dealkylation sites (N-methyl/N-ethyl adjacent to an activating group) is 1. The Balaban J connectivity index is 2.17. The van der Waals surface area contributed by atoms with E-state index in [0.717, 1.165) is 21.0 Å². The fourth-order valence-corrected chi connectivity index (χ4v) is 3.80. The number of nitrogens with one attached hydrogen (secondary N) is 2. The summed E-state index contributed by atoms with van der Waals surface area (Å²) in [5.74, 6) is -0.777. The van der Waals surface area contributed by atoms with Crippen LogP contribution in [0.2, 0.25) is 0 Å². The summed E-state index contributed by atoms with van der Waals surface area (Å²) >= 11 is 0. The lowest BCUT2D eigenvalue weighted by atomic mass is 10.1. The first-order chi connectivity index (χ1) is 13.0. The lowest BCUT2D eigenvalue weighted by Gasteiger charge is -2.18. The molecule has 2 aromatic carbocycles. The van der Waals surface area contributed by atoms with Crippen molar-refractivity contribution in [2.45, 2.75) is 32.6 Å². The van der Waals surface area contributed by atoms with E-state index in [0.29, 0.717) is 11.4 Å². The molecule has 28 heavy (non-hydrogen) atoms. The topological polar surface area (TPSA) is 95.6 Å². The molecule has 8 heteroatoms. The van der Waals surface area contributed by atoms with Crippen LogP contribution in [0, 0.1) is 20.8 Å². The average molecular weight is 404 g/mol. The van der Waals surface area contributed by atoms with Gasteiger partial charge in [-0.2, -0.15) is 4.31 Å². The maximum atomic E-state index is 12.7. The van der Waals surface area contributed by atoms with Crippen LogP contribution in [0.1, 0.15) is 23.6 Å². The number of carbonyl (C=O) groups is 2. The van der Waals surface area contributed by atoms with E-state index in [1.165, 1.54) is 20.0 Å². The molecule has 2 N–H and O–H groups in total. The number of nitrogens with zero attached hydrogens (tertiary/aromatic N) is 1. The second-order valence-electron chi connectivity index (χ2n) is 6.79. The highest BCUT2D eigenvalue weighted by Crippen LogP contribution is 2.23. The number of sulfonamides is 1. The zero-order valence-corrected chi connectivity index (χ0v) is 17.5. The van der Waals surface area contributed by atoms with Gasteiger partial charge in [-0.05, 0) is 61.7 Å². The van der Waals surface area contributed by atoms with Crippen LogP contribution in [-0.2, 0) is 19.6 Å². The van der Waals surface area contributed by atoms with Crippen molar-refractivity contribution < 1.29 is 18.0 Å². The zero-order valence-electron chi connectivity index (χ0n) is 16.7. The molecule has 0 fully saturated rings. The van der Waals surface area contributed by atoms with Crippen LogP contribution in [0.15, 0.2) is 41.3 Å². The molecule has 0 aromatic heterocycles. The van der Waals surface area contributed by atoms with Gasteiger partial charge in [0.05, 0.1) is 22.8 Å². The van der Waals surface area contributed by atoms with Crippen molar-refractivity contribution in [3.05, 3.63) is 53.1 Å². The van der Waals surface area contributed by atoms with Crippen molar-refractivity contribution in [2.24, 2.45) is 0 Å². The van der Waals surface area contributed by atoms with Gasteiger partial charge in [-0.3, -0.25) is 9.59 Å². The van der Waals surface area contributed by atoms with Crippen molar-refractivity contribution in [3.8, 4) is 0 Å². The van der Waals surface area contributed by atoms with Gasteiger partial charge in [0.25, 0.3) is 0 Å². The largest absolute Gasteiger partial charge is 0.325 e. The van der Waals surface area contributed by atoms with E-state index in [1.807, 2.05) is 20.8 Å². The summed E-state index contributed by atoms with van der Waals surface area (Å²) < 4.78 is 26.5. The summed E-state index contributed by atoms with van der Waals surface area (Å²) in [7, 11) is -2.44. The fraction of sp³-hybridized carbons (Fsp3) is 0.300. The lowest BCUT2D eigenvalue weighted by molar-refractivity contribution is -0.116. The maximum Gasteiger partial charge on any atom is 0.243 e. The first-order valence-corrected chi connectivity index (χ1v) is 10.2. The van der Waals surface area contributed by atoms with E-state index in [4.69, 9.17) is 0 Å². The third-order valence-corrected chi connectivity index (χ3v) is 6.11. The highest BCUT2D eigenvalue weighted by molar-refractivity contribution is 7.89. The van der Waals surface area contributed by atoms with E-state index < -0.39 is 15.9 Å². The molecule has 2 amide bonds. The molecule has 0 atom stereocenters. The molecule has 7 nitrogen and oxygen atoms in total. The monoisotopic (exact) mass is 403 g/mol. The zero-order chi connectivity index (χ0) is 21.1. The molecule has 0 bridgehead atoms. The Hall–Kier alpha value is -2.71. The molecule has 0 aliphatic heterocycles. The van der Waals surface area contributed by atoms with Crippen molar-refractivity contribution >= 4 is 33.2 Å². The molecule has 0 spiro atoms. The van der Waals surface area contributed by atoms with Crippen LogP contribution in [0.3, 0.4) is 0 Å². The first-order valence-electron chi connectivity index (χ1n) is 8.72. The Morgan fingerprint density at radius 3 is 2.21 bits per heavy atom. The number of anilines is 2. The van der Waals surface area contributed by atoms with E-state index >= 15 is 0 Å². The molecule has 0 unspecified atom stereocenters. The lowest BCUT2D eigenvalue weighted by Crippen LogP contribution is -2.35. The number of rotatable bonds is 6. The van der Waals surface area contributed by atoms with Gasteiger partial charge < -0.3 is 10.6 Å².